The van der Waals surface area contributed by atoms with E-state index in [0.29, 0.717) is 22.3 Å². The second kappa shape index (κ2) is 8.75. The fraction of sp³-hybridized carbons (Fsp3) is 0.150. The molecule has 2 aromatic carbocycles. The summed E-state index contributed by atoms with van der Waals surface area (Å²) in [7, 11) is 1.55. The van der Waals surface area contributed by atoms with Crippen molar-refractivity contribution >= 4 is 45.8 Å². The van der Waals surface area contributed by atoms with Gasteiger partial charge in [-0.3, -0.25) is 19.9 Å². The van der Waals surface area contributed by atoms with E-state index in [1.54, 1.807) is 38.3 Å². The molecular formula is C20H16ClN3O6. The van der Waals surface area contributed by atoms with Gasteiger partial charge in [-0.15, -0.1) is 0 Å². The Morgan fingerprint density at radius 3 is 2.67 bits per heavy atom. The molecule has 30 heavy (non-hydrogen) atoms. The number of anilines is 1. The standard InChI is InChI=1S/C20H16ClN3O6/c1-11-15(7-12-3-5-14(29-2)9-17(12)22-11)20(26)30-10-19(25)23-18-8-13(24(27)28)4-6-16(18)21/h3-9H,10H2,1-2H3,(H,23,25). The lowest BCUT2D eigenvalue weighted by Crippen LogP contribution is -2.21. The molecule has 0 radical (unpaired) electrons. The first-order valence-corrected chi connectivity index (χ1v) is 9.02. The van der Waals surface area contributed by atoms with Crippen LogP contribution in [0.4, 0.5) is 11.4 Å². The van der Waals surface area contributed by atoms with Crippen molar-refractivity contribution in [3.8, 4) is 5.75 Å². The maximum absolute atomic E-state index is 12.4. The van der Waals surface area contributed by atoms with E-state index in [9.17, 15) is 19.7 Å². The van der Waals surface area contributed by atoms with Gasteiger partial charge in [0.05, 0.1) is 39.5 Å². The van der Waals surface area contributed by atoms with Crippen LogP contribution in [0, 0.1) is 17.0 Å². The first-order chi connectivity index (χ1) is 14.3. The van der Waals surface area contributed by atoms with Crippen LogP contribution in [0.2, 0.25) is 5.02 Å². The number of carbonyl (C=O) groups is 2. The molecule has 3 rings (SSSR count). The highest BCUT2D eigenvalue weighted by Crippen LogP contribution is 2.26. The lowest BCUT2D eigenvalue weighted by Gasteiger charge is -2.10. The van der Waals surface area contributed by atoms with Gasteiger partial charge < -0.3 is 14.8 Å². The van der Waals surface area contributed by atoms with E-state index in [2.05, 4.69) is 10.3 Å². The normalized spacial score (nSPS) is 10.5. The topological polar surface area (TPSA) is 121 Å². The molecule has 1 aromatic heterocycles. The van der Waals surface area contributed by atoms with E-state index in [1.165, 1.54) is 12.1 Å². The number of aryl methyl sites for hydroxylation is 1. The summed E-state index contributed by atoms with van der Waals surface area (Å²) >= 11 is 5.94. The molecule has 1 N–H and O–H groups in total. The number of nitrogens with zero attached hydrogens (tertiary/aromatic N) is 2. The lowest BCUT2D eigenvalue weighted by molar-refractivity contribution is -0.384. The molecule has 0 spiro atoms. The van der Waals surface area contributed by atoms with Gasteiger partial charge in [-0.05, 0) is 31.2 Å². The van der Waals surface area contributed by atoms with Crippen molar-refractivity contribution in [1.82, 2.24) is 4.98 Å². The molecule has 1 amide bonds. The minimum atomic E-state index is -0.724. The van der Waals surface area contributed by atoms with Gasteiger partial charge in [0.1, 0.15) is 5.75 Å². The molecule has 10 heteroatoms. The zero-order valence-corrected chi connectivity index (χ0v) is 16.7. The zero-order chi connectivity index (χ0) is 21.8. The third kappa shape index (κ3) is 4.64. The van der Waals surface area contributed by atoms with Crippen molar-refractivity contribution in [3.05, 3.63) is 68.9 Å². The van der Waals surface area contributed by atoms with Crippen molar-refractivity contribution in [2.45, 2.75) is 6.92 Å². The van der Waals surface area contributed by atoms with Crippen LogP contribution in [0.25, 0.3) is 10.9 Å². The Morgan fingerprint density at radius 1 is 1.20 bits per heavy atom. The maximum Gasteiger partial charge on any atom is 0.340 e. The number of nitro benzene ring substituents is 1. The summed E-state index contributed by atoms with van der Waals surface area (Å²) in [5.74, 6) is -0.777. The Bertz CT molecular complexity index is 1160. The number of hydrogen-bond acceptors (Lipinski definition) is 7. The average molecular weight is 430 g/mol. The minimum absolute atomic E-state index is 0.0458. The molecule has 0 aliphatic rings. The van der Waals surface area contributed by atoms with Crippen LogP contribution in [-0.2, 0) is 9.53 Å². The molecule has 0 fully saturated rings. The largest absolute Gasteiger partial charge is 0.497 e. The molecule has 0 aliphatic carbocycles. The molecule has 0 atom stereocenters. The fourth-order valence-electron chi connectivity index (χ4n) is 2.69. The second-order valence-electron chi connectivity index (χ2n) is 6.23. The third-order valence-corrected chi connectivity index (χ3v) is 4.53. The molecule has 154 valence electrons. The highest BCUT2D eigenvalue weighted by atomic mass is 35.5. The first kappa shape index (κ1) is 21.0. The smallest absolute Gasteiger partial charge is 0.340 e. The number of nitro groups is 1. The number of hydrogen-bond donors (Lipinski definition) is 1. The third-order valence-electron chi connectivity index (χ3n) is 4.20. The van der Waals surface area contributed by atoms with Crippen LogP contribution in [0.5, 0.6) is 5.75 Å². The lowest BCUT2D eigenvalue weighted by atomic mass is 10.1. The van der Waals surface area contributed by atoms with E-state index in [-0.39, 0.29) is 22.0 Å². The van der Waals surface area contributed by atoms with Gasteiger partial charge in [-0.2, -0.15) is 0 Å². The second-order valence-corrected chi connectivity index (χ2v) is 6.63. The van der Waals surface area contributed by atoms with Gasteiger partial charge in [0.2, 0.25) is 0 Å². The van der Waals surface area contributed by atoms with E-state index >= 15 is 0 Å². The van der Waals surface area contributed by atoms with Crippen molar-refractivity contribution < 1.29 is 24.0 Å². The number of methoxy groups -OCH3 is 1. The van der Waals surface area contributed by atoms with Gasteiger partial charge in [-0.25, -0.2) is 4.79 Å². The monoisotopic (exact) mass is 429 g/mol. The van der Waals surface area contributed by atoms with Gasteiger partial charge in [0, 0.05) is 23.6 Å². The SMILES string of the molecule is COc1ccc2cc(C(=O)OCC(=O)Nc3cc([N+](=O)[O-])ccc3Cl)c(C)nc2c1. The van der Waals surface area contributed by atoms with Crippen LogP contribution in [0.15, 0.2) is 42.5 Å². The Hall–Kier alpha value is -3.72. The van der Waals surface area contributed by atoms with E-state index in [1.807, 2.05) is 0 Å². The average Bonchev–Trinajstić information content (AvgIpc) is 2.72. The number of nitrogens with one attached hydrogen (secondary N) is 1. The predicted molar refractivity (Wildman–Crippen MR) is 110 cm³/mol. The minimum Gasteiger partial charge on any atom is -0.497 e. The summed E-state index contributed by atoms with van der Waals surface area (Å²) in [4.78, 5) is 39.1. The molecule has 3 aromatic rings. The van der Waals surface area contributed by atoms with E-state index in [4.69, 9.17) is 21.1 Å². The molecule has 1 heterocycles. The number of rotatable bonds is 6. The summed E-state index contributed by atoms with van der Waals surface area (Å²) in [5.41, 5.74) is 1.11. The molecule has 0 bridgehead atoms. The molecule has 9 nitrogen and oxygen atoms in total. The van der Waals surface area contributed by atoms with Crippen LogP contribution in [0.3, 0.4) is 0 Å². The Balaban J connectivity index is 1.69. The predicted octanol–water partition coefficient (Wildman–Crippen LogP) is 3.91. The van der Waals surface area contributed by atoms with Gasteiger partial charge >= 0.3 is 5.97 Å². The van der Waals surface area contributed by atoms with Crippen molar-refractivity contribution in [3.63, 3.8) is 0 Å². The summed E-state index contributed by atoms with van der Waals surface area (Å²) in [6.07, 6.45) is 0. The molecule has 0 saturated carbocycles. The van der Waals surface area contributed by atoms with E-state index in [0.717, 1.165) is 6.07 Å². The number of carbonyl (C=O) groups excluding carboxylic acids is 2. The van der Waals surface area contributed by atoms with Crippen LogP contribution in [0.1, 0.15) is 16.1 Å². The van der Waals surface area contributed by atoms with Crippen LogP contribution in [-0.4, -0.2) is 35.5 Å². The summed E-state index contributed by atoms with van der Waals surface area (Å²) in [6.45, 7) is 1.05. The quantitative estimate of drug-likeness (QED) is 0.358. The number of ether oxygens (including phenoxy) is 2. The number of halogens is 1. The molecule has 0 aliphatic heterocycles. The van der Waals surface area contributed by atoms with Crippen molar-refractivity contribution in [2.24, 2.45) is 0 Å². The summed E-state index contributed by atoms with van der Waals surface area (Å²) in [5, 5.41) is 14.1. The number of pyridine rings is 1. The first-order valence-electron chi connectivity index (χ1n) is 8.65. The number of non-ortho nitro benzene ring substituents is 1. The van der Waals surface area contributed by atoms with Crippen molar-refractivity contribution in [2.75, 3.05) is 19.0 Å². The van der Waals surface area contributed by atoms with Crippen LogP contribution < -0.4 is 10.1 Å². The Morgan fingerprint density at radius 2 is 1.97 bits per heavy atom. The highest BCUT2D eigenvalue weighted by molar-refractivity contribution is 6.33. The molecule has 0 saturated heterocycles. The van der Waals surface area contributed by atoms with Crippen LogP contribution >= 0.6 is 11.6 Å². The Labute approximate surface area is 175 Å². The molecular weight excluding hydrogens is 414 g/mol. The van der Waals surface area contributed by atoms with Gasteiger partial charge in [0.15, 0.2) is 6.61 Å². The number of aromatic nitrogens is 1. The highest BCUT2D eigenvalue weighted by Gasteiger charge is 2.17. The van der Waals surface area contributed by atoms with Crippen molar-refractivity contribution in [1.29, 1.82) is 0 Å². The number of fused-ring (bicyclic) bond motifs is 1. The summed E-state index contributed by atoms with van der Waals surface area (Å²) in [6, 6.07) is 10.5. The summed E-state index contributed by atoms with van der Waals surface area (Å²) < 4.78 is 10.2. The van der Waals surface area contributed by atoms with E-state index < -0.39 is 23.4 Å². The Kier molecular flexibility index (Phi) is 6.12. The van der Waals surface area contributed by atoms with Gasteiger partial charge in [-0.1, -0.05) is 11.6 Å². The fourth-order valence-corrected chi connectivity index (χ4v) is 2.86. The zero-order valence-electron chi connectivity index (χ0n) is 16.0. The maximum atomic E-state index is 12.4. The molecule has 0 unspecified atom stereocenters. The number of benzene rings is 2. The number of esters is 1. The van der Waals surface area contributed by atoms with Gasteiger partial charge in [0.25, 0.3) is 11.6 Å². The number of amides is 1.